The molecule has 2 fully saturated rings. The minimum atomic E-state index is -1.62. The highest BCUT2D eigenvalue weighted by molar-refractivity contribution is 5.99. The fourth-order valence-electron chi connectivity index (χ4n) is 4.35. The van der Waals surface area contributed by atoms with Crippen LogP contribution in [-0.4, -0.2) is 52.1 Å². The van der Waals surface area contributed by atoms with Crippen LogP contribution in [0.2, 0.25) is 0 Å². The van der Waals surface area contributed by atoms with E-state index in [4.69, 9.17) is 0 Å². The summed E-state index contributed by atoms with van der Waals surface area (Å²) in [6.45, 7) is 5.54. The number of aliphatic hydroxyl groups is 1. The standard InChI is InChI=1S/C22H24F3N3O4/c1-4-27-9-14-7-11(2)19(28(14)20(22(27)32)16(30)10-29)12(3)21(31)26-8-13-5-6-15(23)18(25)17(13)24/h5-6,10-11,14,30H,4,7-9H2,1-3H3,(H,26,31)/b19-12+,20-16+. The number of carbonyl (C=O) groups excluding carboxylic acids is 3. The fraction of sp³-hybridized carbons (Fsp3) is 0.409. The van der Waals surface area contributed by atoms with Gasteiger partial charge in [0.2, 0.25) is 5.91 Å². The van der Waals surface area contributed by atoms with Gasteiger partial charge in [-0.3, -0.25) is 14.4 Å². The van der Waals surface area contributed by atoms with E-state index in [0.29, 0.717) is 25.2 Å². The summed E-state index contributed by atoms with van der Waals surface area (Å²) in [4.78, 5) is 40.0. The smallest absolute Gasteiger partial charge is 0.274 e. The van der Waals surface area contributed by atoms with Gasteiger partial charge >= 0.3 is 0 Å². The Balaban J connectivity index is 1.93. The van der Waals surface area contributed by atoms with Gasteiger partial charge in [-0.25, -0.2) is 13.2 Å². The molecule has 0 spiro atoms. The molecule has 0 saturated carbocycles. The number of likely N-dealkylation sites (N-methyl/N-ethyl adjacent to an activating group) is 1. The Labute approximate surface area is 183 Å². The Bertz CT molecular complexity index is 1040. The largest absolute Gasteiger partial charge is 0.503 e. The molecule has 2 amide bonds. The minimum Gasteiger partial charge on any atom is -0.503 e. The van der Waals surface area contributed by atoms with E-state index in [2.05, 4.69) is 5.32 Å². The SMILES string of the molecule is CCN1CC2CC(C)/C(=C(/C)C(=O)NCc3ccc(F)c(F)c3F)N2/C(=C(/O)C=O)C1=O. The van der Waals surface area contributed by atoms with Crippen LogP contribution in [0.3, 0.4) is 0 Å². The highest BCUT2D eigenvalue weighted by Gasteiger charge is 2.46. The first kappa shape index (κ1) is 23.4. The van der Waals surface area contributed by atoms with Gasteiger partial charge in [-0.2, -0.15) is 0 Å². The van der Waals surface area contributed by atoms with Crippen LogP contribution in [-0.2, 0) is 20.9 Å². The third-order valence-electron chi connectivity index (χ3n) is 5.89. The van der Waals surface area contributed by atoms with Crippen molar-refractivity contribution in [3.8, 4) is 0 Å². The van der Waals surface area contributed by atoms with E-state index >= 15 is 0 Å². The van der Waals surface area contributed by atoms with E-state index in [9.17, 15) is 32.7 Å². The maximum atomic E-state index is 13.9. The van der Waals surface area contributed by atoms with Gasteiger partial charge in [0, 0.05) is 36.5 Å². The molecule has 0 aromatic heterocycles. The number of rotatable bonds is 5. The topological polar surface area (TPSA) is 89.9 Å². The highest BCUT2D eigenvalue weighted by Crippen LogP contribution is 2.41. The molecule has 10 heteroatoms. The molecule has 1 aromatic carbocycles. The molecule has 3 rings (SSSR count). The molecule has 2 N–H and O–H groups in total. The molecule has 2 aliphatic heterocycles. The summed E-state index contributed by atoms with van der Waals surface area (Å²) in [5.74, 6) is -6.35. The van der Waals surface area contributed by atoms with Crippen molar-refractivity contribution in [2.24, 2.45) is 5.92 Å². The van der Waals surface area contributed by atoms with E-state index < -0.39 is 35.0 Å². The van der Waals surface area contributed by atoms with Crippen molar-refractivity contribution in [2.75, 3.05) is 13.1 Å². The average molecular weight is 451 g/mol. The van der Waals surface area contributed by atoms with Crippen LogP contribution in [0, 0.1) is 23.4 Å². The normalized spacial score (nSPS) is 23.8. The highest BCUT2D eigenvalue weighted by atomic mass is 19.2. The first-order valence-corrected chi connectivity index (χ1v) is 10.2. The Morgan fingerprint density at radius 3 is 2.59 bits per heavy atom. The lowest BCUT2D eigenvalue weighted by Crippen LogP contribution is -2.52. The van der Waals surface area contributed by atoms with Crippen LogP contribution in [0.4, 0.5) is 13.2 Å². The number of allylic oxidation sites excluding steroid dienone is 2. The number of fused-ring (bicyclic) bond motifs is 1. The van der Waals surface area contributed by atoms with Crippen LogP contribution in [0.25, 0.3) is 0 Å². The number of nitrogens with zero attached hydrogens (tertiary/aromatic N) is 2. The first-order chi connectivity index (χ1) is 15.1. The van der Waals surface area contributed by atoms with Crippen molar-refractivity contribution in [1.82, 2.24) is 15.1 Å². The molecule has 7 nitrogen and oxygen atoms in total. The number of benzene rings is 1. The van der Waals surface area contributed by atoms with Gasteiger partial charge in [0.25, 0.3) is 5.91 Å². The molecular weight excluding hydrogens is 427 g/mol. The fourth-order valence-corrected chi connectivity index (χ4v) is 4.35. The second kappa shape index (κ2) is 9.05. The van der Waals surface area contributed by atoms with Crippen molar-refractivity contribution in [2.45, 2.75) is 39.8 Å². The number of aliphatic hydroxyl groups excluding tert-OH is 1. The number of hydrogen-bond donors (Lipinski definition) is 2. The van der Waals surface area contributed by atoms with Gasteiger partial charge in [0.15, 0.2) is 35.2 Å². The lowest BCUT2D eigenvalue weighted by molar-refractivity contribution is -0.132. The lowest BCUT2D eigenvalue weighted by atomic mass is 10.0. The molecule has 2 saturated heterocycles. The maximum absolute atomic E-state index is 13.9. The Morgan fingerprint density at radius 2 is 1.97 bits per heavy atom. The molecule has 172 valence electrons. The van der Waals surface area contributed by atoms with Gasteiger partial charge < -0.3 is 20.2 Å². The summed E-state index contributed by atoms with van der Waals surface area (Å²) in [5, 5.41) is 12.6. The Hall–Kier alpha value is -3.30. The molecule has 0 aliphatic carbocycles. The number of nitrogens with one attached hydrogen (secondary N) is 1. The Morgan fingerprint density at radius 1 is 1.28 bits per heavy atom. The summed E-state index contributed by atoms with van der Waals surface area (Å²) in [5.41, 5.74) is 0.261. The molecule has 0 bridgehead atoms. The Kier molecular flexibility index (Phi) is 6.61. The van der Waals surface area contributed by atoms with E-state index in [1.54, 1.807) is 6.92 Å². The van der Waals surface area contributed by atoms with Gasteiger partial charge in [0.1, 0.15) is 0 Å². The summed E-state index contributed by atoms with van der Waals surface area (Å²) >= 11 is 0. The van der Waals surface area contributed by atoms with Gasteiger partial charge in [-0.05, 0) is 32.3 Å². The summed E-state index contributed by atoms with van der Waals surface area (Å²) < 4.78 is 40.4. The third-order valence-corrected chi connectivity index (χ3v) is 5.89. The summed E-state index contributed by atoms with van der Waals surface area (Å²) in [7, 11) is 0. The van der Waals surface area contributed by atoms with Crippen LogP contribution < -0.4 is 5.32 Å². The molecule has 2 aliphatic rings. The molecule has 0 radical (unpaired) electrons. The number of hydrogen-bond acceptors (Lipinski definition) is 5. The number of amides is 2. The molecule has 2 unspecified atom stereocenters. The average Bonchev–Trinajstić information content (AvgIpc) is 3.10. The predicted octanol–water partition coefficient (Wildman–Crippen LogP) is 2.54. The van der Waals surface area contributed by atoms with Crippen molar-refractivity contribution in [3.05, 3.63) is 57.9 Å². The third kappa shape index (κ3) is 3.96. The van der Waals surface area contributed by atoms with E-state index in [1.165, 1.54) is 16.7 Å². The number of aldehydes is 1. The van der Waals surface area contributed by atoms with Gasteiger partial charge in [0.05, 0.1) is 6.04 Å². The van der Waals surface area contributed by atoms with Crippen molar-refractivity contribution < 1.29 is 32.7 Å². The van der Waals surface area contributed by atoms with Crippen LogP contribution in [0.1, 0.15) is 32.8 Å². The molecule has 32 heavy (non-hydrogen) atoms. The van der Waals surface area contributed by atoms with Gasteiger partial charge in [-0.1, -0.05) is 13.0 Å². The number of piperazine rings is 1. The second-order valence-corrected chi connectivity index (χ2v) is 7.88. The first-order valence-electron chi connectivity index (χ1n) is 10.2. The predicted molar refractivity (Wildman–Crippen MR) is 108 cm³/mol. The molecule has 1 aromatic rings. The van der Waals surface area contributed by atoms with Gasteiger partial charge in [-0.15, -0.1) is 0 Å². The molecule has 2 heterocycles. The van der Waals surface area contributed by atoms with Crippen LogP contribution in [0.5, 0.6) is 0 Å². The van der Waals surface area contributed by atoms with E-state index in [-0.39, 0.29) is 41.6 Å². The molecular formula is C22H24F3N3O4. The zero-order valence-corrected chi connectivity index (χ0v) is 17.9. The van der Waals surface area contributed by atoms with Crippen molar-refractivity contribution in [3.63, 3.8) is 0 Å². The van der Waals surface area contributed by atoms with E-state index in [0.717, 1.165) is 12.1 Å². The monoisotopic (exact) mass is 451 g/mol. The summed E-state index contributed by atoms with van der Waals surface area (Å²) in [6, 6.07) is 1.57. The maximum Gasteiger partial charge on any atom is 0.274 e. The quantitative estimate of drug-likeness (QED) is 0.311. The lowest BCUT2D eigenvalue weighted by Gasteiger charge is -2.40. The number of carbonyl (C=O) groups is 3. The minimum absolute atomic E-state index is 0.176. The van der Waals surface area contributed by atoms with Crippen LogP contribution in [0.15, 0.2) is 34.9 Å². The zero-order valence-electron chi connectivity index (χ0n) is 17.9. The number of halogens is 3. The zero-order chi connectivity index (χ0) is 23.7. The van der Waals surface area contributed by atoms with Crippen LogP contribution >= 0.6 is 0 Å². The second-order valence-electron chi connectivity index (χ2n) is 7.88. The summed E-state index contributed by atoms with van der Waals surface area (Å²) in [6.07, 6.45) is 0.766. The van der Waals surface area contributed by atoms with Crippen molar-refractivity contribution in [1.29, 1.82) is 0 Å². The molecule has 2 atom stereocenters. The van der Waals surface area contributed by atoms with E-state index in [1.807, 2.05) is 6.92 Å². The van der Waals surface area contributed by atoms with Crippen molar-refractivity contribution >= 4 is 18.1 Å².